The van der Waals surface area contributed by atoms with Gasteiger partial charge in [0.15, 0.2) is 0 Å². The molecule has 6 heteroatoms. The highest BCUT2D eigenvalue weighted by molar-refractivity contribution is 5.66. The molecule has 0 radical (unpaired) electrons. The minimum atomic E-state index is -0.670. The Balaban J connectivity index is 3.43. The van der Waals surface area contributed by atoms with E-state index in [0.717, 1.165) is 6.07 Å². The van der Waals surface area contributed by atoms with Crippen molar-refractivity contribution in [3.05, 3.63) is 33.4 Å². The average molecular weight is 202 g/mol. The molecule has 0 saturated carbocycles. The Kier molecular flexibility index (Phi) is 2.85. The number of hydrogen-bond donors (Lipinski definition) is 1. The highest BCUT2D eigenvalue weighted by Gasteiger charge is 2.16. The summed E-state index contributed by atoms with van der Waals surface area (Å²) < 4.78 is 0. The third-order valence-electron chi connectivity index (χ3n) is 1.84. The molecule has 2 N–H and O–H groups in total. The van der Waals surface area contributed by atoms with Crippen molar-refractivity contribution in [2.75, 3.05) is 5.73 Å². The van der Waals surface area contributed by atoms with Crippen molar-refractivity contribution >= 4 is 11.4 Å². The molecule has 1 aromatic carbocycles. The van der Waals surface area contributed by atoms with Crippen LogP contribution in [0.25, 0.3) is 0 Å². The molecule has 0 heterocycles. The third-order valence-corrected chi connectivity index (χ3v) is 1.84. The Labute approximate surface area is 85.3 Å². The van der Waals surface area contributed by atoms with Crippen LogP contribution in [0.1, 0.15) is 11.1 Å². The summed E-state index contributed by atoms with van der Waals surface area (Å²) in [5.74, 6) is 0. The van der Waals surface area contributed by atoms with Crippen LogP contribution >= 0.6 is 0 Å². The number of nitriles is 2. The van der Waals surface area contributed by atoms with E-state index in [1.54, 1.807) is 6.07 Å². The van der Waals surface area contributed by atoms with Gasteiger partial charge in [0.2, 0.25) is 0 Å². The van der Waals surface area contributed by atoms with Gasteiger partial charge in [-0.3, -0.25) is 10.1 Å². The SMILES string of the molecule is N#CCc1cc(C#N)cc([N+](=O)[O-])c1N. The zero-order chi connectivity index (χ0) is 11.4. The van der Waals surface area contributed by atoms with Gasteiger partial charge in [0.05, 0.1) is 29.0 Å². The minimum absolute atomic E-state index is 0.0534. The molecule has 0 fully saturated rings. The molecule has 74 valence electrons. The molecule has 0 aliphatic heterocycles. The lowest BCUT2D eigenvalue weighted by Gasteiger charge is -2.02. The Morgan fingerprint density at radius 2 is 2.13 bits per heavy atom. The van der Waals surface area contributed by atoms with Crippen LogP contribution in [0.15, 0.2) is 12.1 Å². The number of nitrogens with two attached hydrogens (primary N) is 1. The molecule has 6 nitrogen and oxygen atoms in total. The van der Waals surface area contributed by atoms with Crippen molar-refractivity contribution in [2.24, 2.45) is 0 Å². The fourth-order valence-electron chi connectivity index (χ4n) is 1.14. The van der Waals surface area contributed by atoms with Gasteiger partial charge >= 0.3 is 0 Å². The first kappa shape index (κ1) is 10.5. The smallest absolute Gasteiger partial charge is 0.293 e. The van der Waals surface area contributed by atoms with Gasteiger partial charge in [-0.15, -0.1) is 0 Å². The Morgan fingerprint density at radius 3 is 2.60 bits per heavy atom. The van der Waals surface area contributed by atoms with E-state index in [1.165, 1.54) is 6.07 Å². The fourth-order valence-corrected chi connectivity index (χ4v) is 1.14. The first-order valence-corrected chi connectivity index (χ1v) is 3.94. The number of hydrogen-bond acceptors (Lipinski definition) is 5. The van der Waals surface area contributed by atoms with Gasteiger partial charge in [0, 0.05) is 6.07 Å². The first-order valence-electron chi connectivity index (χ1n) is 3.94. The number of nitrogens with zero attached hydrogens (tertiary/aromatic N) is 3. The maximum absolute atomic E-state index is 10.6. The van der Waals surface area contributed by atoms with Crippen molar-refractivity contribution in [2.45, 2.75) is 6.42 Å². The molecule has 0 aliphatic carbocycles. The highest BCUT2D eigenvalue weighted by atomic mass is 16.6. The van der Waals surface area contributed by atoms with Crippen LogP contribution in [-0.2, 0) is 6.42 Å². The molecular weight excluding hydrogens is 196 g/mol. The fraction of sp³-hybridized carbons (Fsp3) is 0.111. The Morgan fingerprint density at radius 1 is 1.47 bits per heavy atom. The molecule has 0 amide bonds. The summed E-state index contributed by atoms with van der Waals surface area (Å²) >= 11 is 0. The van der Waals surface area contributed by atoms with Crippen molar-refractivity contribution in [1.29, 1.82) is 10.5 Å². The van der Waals surface area contributed by atoms with Gasteiger partial charge in [-0.2, -0.15) is 10.5 Å². The van der Waals surface area contributed by atoms with Gasteiger partial charge in [0.25, 0.3) is 5.69 Å². The van der Waals surface area contributed by atoms with Crippen LogP contribution in [0.2, 0.25) is 0 Å². The largest absolute Gasteiger partial charge is 0.393 e. The van der Waals surface area contributed by atoms with Gasteiger partial charge in [0.1, 0.15) is 5.69 Å². The minimum Gasteiger partial charge on any atom is -0.393 e. The quantitative estimate of drug-likeness (QED) is 0.438. The van der Waals surface area contributed by atoms with Crippen molar-refractivity contribution < 1.29 is 4.92 Å². The monoisotopic (exact) mass is 202 g/mol. The Hall–Kier alpha value is -2.60. The van der Waals surface area contributed by atoms with Crippen LogP contribution in [-0.4, -0.2) is 4.92 Å². The van der Waals surface area contributed by atoms with Crippen molar-refractivity contribution in [3.8, 4) is 12.1 Å². The lowest BCUT2D eigenvalue weighted by Crippen LogP contribution is -2.01. The maximum atomic E-state index is 10.6. The number of anilines is 1. The number of nitro groups is 1. The molecule has 1 aromatic rings. The van der Waals surface area contributed by atoms with E-state index in [-0.39, 0.29) is 23.4 Å². The normalized spacial score (nSPS) is 8.93. The number of nitrogen functional groups attached to an aromatic ring is 1. The van der Waals surface area contributed by atoms with Crippen LogP contribution < -0.4 is 5.73 Å². The molecule has 1 rings (SSSR count). The van der Waals surface area contributed by atoms with E-state index < -0.39 is 4.92 Å². The topological polar surface area (TPSA) is 117 Å². The zero-order valence-corrected chi connectivity index (χ0v) is 7.60. The van der Waals surface area contributed by atoms with E-state index in [2.05, 4.69) is 0 Å². The Bertz CT molecular complexity index is 496. The van der Waals surface area contributed by atoms with Gasteiger partial charge in [-0.05, 0) is 11.6 Å². The summed E-state index contributed by atoms with van der Waals surface area (Å²) in [5.41, 5.74) is 5.54. The zero-order valence-electron chi connectivity index (χ0n) is 7.60. The second-order valence-electron chi connectivity index (χ2n) is 2.77. The van der Waals surface area contributed by atoms with Gasteiger partial charge in [-0.1, -0.05) is 0 Å². The standard InChI is InChI=1S/C9H6N4O2/c10-2-1-7-3-6(5-11)4-8(9(7)12)13(14)15/h3-4H,1,12H2. The third kappa shape index (κ3) is 2.01. The summed E-state index contributed by atoms with van der Waals surface area (Å²) in [6.45, 7) is 0. The highest BCUT2D eigenvalue weighted by Crippen LogP contribution is 2.27. The predicted octanol–water partition coefficient (Wildman–Crippen LogP) is 1.11. The molecular formula is C9H6N4O2. The van der Waals surface area contributed by atoms with Crippen molar-refractivity contribution in [3.63, 3.8) is 0 Å². The predicted molar refractivity (Wildman–Crippen MR) is 51.5 cm³/mol. The van der Waals surface area contributed by atoms with Gasteiger partial charge in [-0.25, -0.2) is 0 Å². The maximum Gasteiger partial charge on any atom is 0.293 e. The number of benzene rings is 1. The summed E-state index contributed by atoms with van der Waals surface area (Å²) in [6, 6.07) is 6.08. The molecule has 15 heavy (non-hydrogen) atoms. The molecule has 0 saturated heterocycles. The van der Waals surface area contributed by atoms with E-state index in [4.69, 9.17) is 16.3 Å². The molecule has 0 spiro atoms. The summed E-state index contributed by atoms with van der Waals surface area (Å²) in [6.07, 6.45) is -0.0534. The van der Waals surface area contributed by atoms with Gasteiger partial charge < -0.3 is 5.73 Å². The lowest BCUT2D eigenvalue weighted by atomic mass is 10.1. The number of rotatable bonds is 2. The molecule has 0 atom stereocenters. The van der Waals surface area contributed by atoms with Crippen LogP contribution in [0.3, 0.4) is 0 Å². The molecule has 0 bridgehead atoms. The second-order valence-corrected chi connectivity index (χ2v) is 2.77. The van der Waals surface area contributed by atoms with Crippen LogP contribution in [0.5, 0.6) is 0 Å². The molecule has 0 aromatic heterocycles. The number of nitro benzene ring substituents is 1. The van der Waals surface area contributed by atoms with E-state index in [9.17, 15) is 10.1 Å². The van der Waals surface area contributed by atoms with Crippen LogP contribution in [0, 0.1) is 32.8 Å². The lowest BCUT2D eigenvalue weighted by molar-refractivity contribution is -0.384. The molecule has 0 aliphatic rings. The first-order chi connectivity index (χ1) is 7.10. The van der Waals surface area contributed by atoms with E-state index in [1.807, 2.05) is 6.07 Å². The van der Waals surface area contributed by atoms with Crippen LogP contribution in [0.4, 0.5) is 11.4 Å². The average Bonchev–Trinajstić information content (AvgIpc) is 2.21. The summed E-state index contributed by atoms with van der Waals surface area (Å²) in [5, 5.41) is 27.7. The summed E-state index contributed by atoms with van der Waals surface area (Å²) in [7, 11) is 0. The second kappa shape index (κ2) is 4.07. The summed E-state index contributed by atoms with van der Waals surface area (Å²) in [4.78, 5) is 9.91. The van der Waals surface area contributed by atoms with E-state index in [0.29, 0.717) is 5.56 Å². The van der Waals surface area contributed by atoms with Crippen molar-refractivity contribution in [1.82, 2.24) is 0 Å². The molecule has 0 unspecified atom stereocenters. The van der Waals surface area contributed by atoms with E-state index >= 15 is 0 Å².